The van der Waals surface area contributed by atoms with Gasteiger partial charge in [0.25, 0.3) is 0 Å². The van der Waals surface area contributed by atoms with Crippen LogP contribution < -0.4 is 0 Å². The number of hydrogen-bond acceptors (Lipinski definition) is 1. The average Bonchev–Trinajstić information content (AvgIpc) is 2.58. The van der Waals surface area contributed by atoms with Gasteiger partial charge < -0.3 is 5.11 Å². The van der Waals surface area contributed by atoms with E-state index in [-0.39, 0.29) is 10.8 Å². The standard InChI is InChI=1S/C15H24O/c1-12-5-7-13(8-6-12)15(3)10-4-9-14(15,2)11-16/h5,8,16H,4,6-7,9-11H2,1-3H3/t14-,15+/m0/s1. The maximum Gasteiger partial charge on any atom is 0.0493 e. The Balaban J connectivity index is 2.26. The lowest BCUT2D eigenvalue weighted by atomic mass is 9.62. The van der Waals surface area contributed by atoms with Crippen LogP contribution >= 0.6 is 0 Å². The quantitative estimate of drug-likeness (QED) is 0.701. The Morgan fingerprint density at radius 3 is 2.50 bits per heavy atom. The monoisotopic (exact) mass is 220 g/mol. The van der Waals surface area contributed by atoms with Gasteiger partial charge in [-0.1, -0.05) is 43.6 Å². The number of rotatable bonds is 2. The highest BCUT2D eigenvalue weighted by atomic mass is 16.3. The molecule has 1 heteroatoms. The minimum Gasteiger partial charge on any atom is -0.396 e. The Hall–Kier alpha value is -0.560. The fourth-order valence-corrected chi connectivity index (χ4v) is 3.40. The minimum atomic E-state index is 0.0952. The predicted octanol–water partition coefficient (Wildman–Crippen LogP) is 3.84. The van der Waals surface area contributed by atoms with E-state index in [0.717, 1.165) is 12.8 Å². The van der Waals surface area contributed by atoms with Gasteiger partial charge in [-0.15, -0.1) is 0 Å². The van der Waals surface area contributed by atoms with Crippen molar-refractivity contribution in [3.63, 3.8) is 0 Å². The smallest absolute Gasteiger partial charge is 0.0493 e. The third-order valence-corrected chi connectivity index (χ3v) is 5.14. The summed E-state index contributed by atoms with van der Waals surface area (Å²) in [6.07, 6.45) is 10.6. The van der Waals surface area contributed by atoms with Crippen LogP contribution in [0.4, 0.5) is 0 Å². The van der Waals surface area contributed by atoms with Gasteiger partial charge in [0.15, 0.2) is 0 Å². The molecule has 0 aromatic carbocycles. The summed E-state index contributed by atoms with van der Waals surface area (Å²) >= 11 is 0. The topological polar surface area (TPSA) is 20.2 Å². The lowest BCUT2D eigenvalue weighted by Crippen LogP contribution is -2.37. The van der Waals surface area contributed by atoms with Crippen molar-refractivity contribution in [1.29, 1.82) is 0 Å². The molecule has 0 bridgehead atoms. The highest BCUT2D eigenvalue weighted by Gasteiger charge is 2.49. The fraction of sp³-hybridized carbons (Fsp3) is 0.733. The summed E-state index contributed by atoms with van der Waals surface area (Å²) in [5.41, 5.74) is 3.36. The molecule has 16 heavy (non-hydrogen) atoms. The van der Waals surface area contributed by atoms with Crippen molar-refractivity contribution < 1.29 is 5.11 Å². The molecule has 0 saturated heterocycles. The Morgan fingerprint density at radius 2 is 1.94 bits per heavy atom. The van der Waals surface area contributed by atoms with Crippen LogP contribution in [0.25, 0.3) is 0 Å². The second-order valence-corrected chi connectivity index (χ2v) is 6.09. The van der Waals surface area contributed by atoms with Gasteiger partial charge in [0.1, 0.15) is 0 Å². The van der Waals surface area contributed by atoms with Crippen LogP contribution in [-0.2, 0) is 0 Å². The van der Waals surface area contributed by atoms with Gasteiger partial charge in [-0.25, -0.2) is 0 Å². The van der Waals surface area contributed by atoms with E-state index in [9.17, 15) is 5.11 Å². The Labute approximate surface area is 99.3 Å². The molecule has 1 saturated carbocycles. The van der Waals surface area contributed by atoms with E-state index in [1.54, 1.807) is 5.57 Å². The molecule has 0 aromatic rings. The molecule has 0 unspecified atom stereocenters. The zero-order valence-electron chi connectivity index (χ0n) is 10.8. The van der Waals surface area contributed by atoms with Crippen LogP contribution in [0.2, 0.25) is 0 Å². The Morgan fingerprint density at radius 1 is 1.19 bits per heavy atom. The molecule has 0 spiro atoms. The van der Waals surface area contributed by atoms with Crippen LogP contribution in [0.5, 0.6) is 0 Å². The van der Waals surface area contributed by atoms with Crippen molar-refractivity contribution >= 4 is 0 Å². The first-order chi connectivity index (χ1) is 7.52. The normalized spacial score (nSPS) is 39.5. The summed E-state index contributed by atoms with van der Waals surface area (Å²) in [6, 6.07) is 0. The van der Waals surface area contributed by atoms with Gasteiger partial charge in [0.05, 0.1) is 0 Å². The highest BCUT2D eigenvalue weighted by molar-refractivity contribution is 5.29. The van der Waals surface area contributed by atoms with Gasteiger partial charge >= 0.3 is 0 Å². The third kappa shape index (κ3) is 1.66. The van der Waals surface area contributed by atoms with Crippen molar-refractivity contribution in [1.82, 2.24) is 0 Å². The second-order valence-electron chi connectivity index (χ2n) is 6.09. The van der Waals surface area contributed by atoms with Crippen molar-refractivity contribution in [2.45, 2.75) is 52.9 Å². The van der Waals surface area contributed by atoms with Crippen molar-refractivity contribution in [2.75, 3.05) is 6.61 Å². The summed E-state index contributed by atoms with van der Waals surface area (Å²) < 4.78 is 0. The average molecular weight is 220 g/mol. The van der Waals surface area contributed by atoms with Gasteiger partial charge in [-0.2, -0.15) is 0 Å². The van der Waals surface area contributed by atoms with Crippen molar-refractivity contribution in [3.05, 3.63) is 23.3 Å². The maximum atomic E-state index is 9.70. The molecule has 1 N–H and O–H groups in total. The first kappa shape index (κ1) is 11.9. The van der Waals surface area contributed by atoms with Crippen LogP contribution in [0.3, 0.4) is 0 Å². The van der Waals surface area contributed by atoms with Crippen molar-refractivity contribution in [3.8, 4) is 0 Å². The molecule has 2 rings (SSSR count). The fourth-order valence-electron chi connectivity index (χ4n) is 3.40. The molecule has 90 valence electrons. The molecule has 0 heterocycles. The first-order valence-corrected chi connectivity index (χ1v) is 6.48. The molecule has 2 aliphatic carbocycles. The number of aliphatic hydroxyl groups excluding tert-OH is 1. The number of allylic oxidation sites excluding steroid dienone is 4. The Kier molecular flexibility index (Phi) is 3.00. The van der Waals surface area contributed by atoms with Gasteiger partial charge in [0.2, 0.25) is 0 Å². The summed E-state index contributed by atoms with van der Waals surface area (Å²) in [5.74, 6) is 0. The SMILES string of the molecule is CC1=CCC([C@@]2(C)CCC[C@@]2(C)CO)=CC1. The summed E-state index contributed by atoms with van der Waals surface area (Å²) in [7, 11) is 0. The number of hydrogen-bond donors (Lipinski definition) is 1. The molecule has 0 radical (unpaired) electrons. The van der Waals surface area contributed by atoms with E-state index in [4.69, 9.17) is 0 Å². The minimum absolute atomic E-state index is 0.0952. The number of aliphatic hydroxyl groups is 1. The van der Waals surface area contributed by atoms with E-state index >= 15 is 0 Å². The molecule has 2 aliphatic rings. The van der Waals surface area contributed by atoms with Crippen molar-refractivity contribution in [2.24, 2.45) is 10.8 Å². The third-order valence-electron chi connectivity index (χ3n) is 5.14. The highest BCUT2D eigenvalue weighted by Crippen LogP contribution is 2.57. The van der Waals surface area contributed by atoms with Gasteiger partial charge in [-0.3, -0.25) is 0 Å². The summed E-state index contributed by atoms with van der Waals surface area (Å²) in [4.78, 5) is 0. The molecule has 1 fully saturated rings. The van der Waals surface area contributed by atoms with Crippen LogP contribution in [-0.4, -0.2) is 11.7 Å². The summed E-state index contributed by atoms with van der Waals surface area (Å²) in [6.45, 7) is 7.14. The van der Waals surface area contributed by atoms with E-state index in [1.165, 1.54) is 24.8 Å². The van der Waals surface area contributed by atoms with E-state index in [1.807, 2.05) is 0 Å². The Bertz CT molecular complexity index is 339. The second kappa shape index (κ2) is 4.03. The predicted molar refractivity (Wildman–Crippen MR) is 68.2 cm³/mol. The zero-order valence-corrected chi connectivity index (χ0v) is 10.8. The van der Waals surface area contributed by atoms with Gasteiger partial charge in [0, 0.05) is 6.61 Å². The van der Waals surface area contributed by atoms with E-state index in [2.05, 4.69) is 32.9 Å². The largest absolute Gasteiger partial charge is 0.396 e. The molecular weight excluding hydrogens is 196 g/mol. The molecule has 0 aliphatic heterocycles. The van der Waals surface area contributed by atoms with Crippen LogP contribution in [0.15, 0.2) is 23.3 Å². The molecular formula is C15H24O. The van der Waals surface area contributed by atoms with Crippen LogP contribution in [0, 0.1) is 10.8 Å². The lowest BCUT2D eigenvalue weighted by molar-refractivity contribution is 0.0596. The summed E-state index contributed by atoms with van der Waals surface area (Å²) in [5, 5.41) is 9.70. The molecule has 0 aromatic heterocycles. The molecule has 1 nitrogen and oxygen atoms in total. The van der Waals surface area contributed by atoms with Gasteiger partial charge in [-0.05, 0) is 43.4 Å². The lowest BCUT2D eigenvalue weighted by Gasteiger charge is -2.43. The first-order valence-electron chi connectivity index (χ1n) is 6.48. The zero-order chi connectivity index (χ0) is 11.8. The molecule has 0 amide bonds. The van der Waals surface area contributed by atoms with E-state index in [0.29, 0.717) is 6.61 Å². The van der Waals surface area contributed by atoms with E-state index < -0.39 is 0 Å². The van der Waals surface area contributed by atoms with Crippen LogP contribution in [0.1, 0.15) is 52.9 Å². The maximum absolute atomic E-state index is 9.70. The molecule has 2 atom stereocenters.